The van der Waals surface area contributed by atoms with Gasteiger partial charge < -0.3 is 23.5 Å². The number of likely N-dealkylation sites (N-methyl/N-ethyl adjacent to an activating group) is 2. The van der Waals surface area contributed by atoms with Gasteiger partial charge >= 0.3 is 0 Å². The van der Waals surface area contributed by atoms with Crippen LogP contribution in [0, 0.1) is 0 Å². The Morgan fingerprint density at radius 3 is 1.94 bits per heavy atom. The number of hydrogen-bond donors (Lipinski definition) is 0. The molecule has 0 amide bonds. The highest BCUT2D eigenvalue weighted by atomic mass is 32.2. The van der Waals surface area contributed by atoms with E-state index in [0.29, 0.717) is 0 Å². The van der Waals surface area contributed by atoms with E-state index in [1.807, 2.05) is 0 Å². The second-order valence-corrected chi connectivity index (χ2v) is 4.60. The molecular weight excluding hydrogens is 232 g/mol. The molecule has 0 fully saturated rings. The zero-order valence-electron chi connectivity index (χ0n) is 10.1. The molecule has 0 spiro atoms. The average Bonchev–Trinajstić information content (AvgIpc) is 2.16. The van der Waals surface area contributed by atoms with Crippen LogP contribution in [0.3, 0.4) is 0 Å². The van der Waals surface area contributed by atoms with Crippen LogP contribution in [-0.2, 0) is 15.7 Å². The molecule has 0 N–H and O–H groups in total. The first-order valence-corrected chi connectivity index (χ1v) is 5.61. The van der Waals surface area contributed by atoms with Crippen LogP contribution in [0.15, 0.2) is 0 Å². The minimum atomic E-state index is -2.88. The van der Waals surface area contributed by atoms with Crippen LogP contribution in [0.25, 0.3) is 0 Å². The molecule has 0 saturated carbocycles. The monoisotopic (exact) mass is 257 g/mol. The molecule has 0 radical (unpaired) electrons. The van der Waals surface area contributed by atoms with Crippen molar-refractivity contribution in [2.24, 2.45) is 0 Å². The summed E-state index contributed by atoms with van der Waals surface area (Å²) in [5.74, 6) is 0. The second kappa shape index (κ2) is 11.4. The lowest BCUT2D eigenvalue weighted by Gasteiger charge is -2.29. The third kappa shape index (κ3) is 19.5. The van der Waals surface area contributed by atoms with Crippen molar-refractivity contribution in [3.8, 4) is 0 Å². The van der Waals surface area contributed by atoms with Gasteiger partial charge in [0.25, 0.3) is 0 Å². The predicted molar refractivity (Wildman–Crippen MR) is 62.8 cm³/mol. The van der Waals surface area contributed by atoms with Gasteiger partial charge in [0.05, 0.1) is 38.5 Å². The molecule has 0 aliphatic rings. The summed E-state index contributed by atoms with van der Waals surface area (Å²) in [6, 6.07) is 0. The number of quaternary nitrogens is 1. The van der Waals surface area contributed by atoms with Crippen LogP contribution >= 0.6 is 0 Å². The van der Waals surface area contributed by atoms with Crippen LogP contribution in [0.5, 0.6) is 0 Å². The lowest BCUT2D eigenvalue weighted by Crippen LogP contribution is -2.43. The molecule has 0 aromatic carbocycles. The van der Waals surface area contributed by atoms with Crippen molar-refractivity contribution >= 4 is 11.4 Å². The summed E-state index contributed by atoms with van der Waals surface area (Å²) >= 11 is -2.88. The molecule has 0 aromatic rings. The first-order chi connectivity index (χ1) is 6.75. The molecule has 0 bridgehead atoms. The van der Waals surface area contributed by atoms with Gasteiger partial charge in [-0.05, 0) is 21.0 Å². The Labute approximate surface area is 102 Å². The largest absolute Gasteiger partial charge is 0.750 e. The number of hydrogen-bond acceptors (Lipinski definition) is 5. The molecule has 7 heteroatoms. The van der Waals surface area contributed by atoms with Crippen molar-refractivity contribution in [3.63, 3.8) is 0 Å². The highest BCUT2D eigenvalue weighted by molar-refractivity contribution is 7.73. The fraction of sp³-hybridized carbons (Fsp3) is 1.00. The molecule has 102 valence electrons. The van der Waals surface area contributed by atoms with Gasteiger partial charge in [-0.2, -0.15) is 0 Å². The van der Waals surface area contributed by atoms with E-state index < -0.39 is 11.4 Å². The van der Waals surface area contributed by atoms with Crippen LogP contribution in [0.2, 0.25) is 0 Å². The van der Waals surface area contributed by atoms with Crippen molar-refractivity contribution in [2.45, 2.75) is 14.4 Å². The number of nitrogens with zero attached hydrogens (tertiary/aromatic N) is 2. The van der Waals surface area contributed by atoms with Crippen molar-refractivity contribution in [3.05, 3.63) is 0 Å². The molecule has 0 aromatic heterocycles. The summed E-state index contributed by atoms with van der Waals surface area (Å²) in [6.45, 7) is 5.87. The van der Waals surface area contributed by atoms with E-state index in [0.717, 1.165) is 4.48 Å². The summed E-state index contributed by atoms with van der Waals surface area (Å²) in [5, 5.41) is 8.52. The Hall–Kier alpha value is -0.0500. The third-order valence-corrected chi connectivity index (χ3v) is 2.18. The van der Waals surface area contributed by atoms with Gasteiger partial charge in [0.1, 0.15) is 0 Å². The SMILES string of the molecule is C.CC[N+](C)(C)CCN(C)C.O=S([O-])O[O-]. The second-order valence-electron chi connectivity index (χ2n) is 4.05. The zero-order chi connectivity index (χ0) is 12.5. The van der Waals surface area contributed by atoms with Crippen molar-refractivity contribution < 1.29 is 22.8 Å². The molecule has 6 nitrogen and oxygen atoms in total. The summed E-state index contributed by atoms with van der Waals surface area (Å²) in [5.41, 5.74) is 0. The van der Waals surface area contributed by atoms with Crippen LogP contribution in [0.4, 0.5) is 0 Å². The summed E-state index contributed by atoms with van der Waals surface area (Å²) in [4.78, 5) is 2.23. The van der Waals surface area contributed by atoms with Crippen LogP contribution in [0.1, 0.15) is 14.4 Å². The van der Waals surface area contributed by atoms with Crippen LogP contribution < -0.4 is 5.26 Å². The normalized spacial score (nSPS) is 12.5. The third-order valence-electron chi connectivity index (χ3n) is 2.06. The Balaban J connectivity index is -0.000000242. The summed E-state index contributed by atoms with van der Waals surface area (Å²) in [6.07, 6.45) is 0. The Morgan fingerprint density at radius 2 is 1.75 bits per heavy atom. The average molecular weight is 257 g/mol. The van der Waals surface area contributed by atoms with Gasteiger partial charge in [-0.15, -0.1) is 0 Å². The van der Waals surface area contributed by atoms with Gasteiger partial charge in [-0.3, -0.25) is 0 Å². The Kier molecular flexibility index (Phi) is 15.2. The van der Waals surface area contributed by atoms with E-state index in [4.69, 9.17) is 14.0 Å². The smallest absolute Gasteiger partial charge is 0.0911 e. The van der Waals surface area contributed by atoms with Gasteiger partial charge in [0.2, 0.25) is 0 Å². The Morgan fingerprint density at radius 1 is 1.38 bits per heavy atom. The molecular formula is C9H25N2O4S-. The molecule has 16 heavy (non-hydrogen) atoms. The topological polar surface area (TPSA) is 75.7 Å². The Bertz CT molecular complexity index is 177. The van der Waals surface area contributed by atoms with Crippen molar-refractivity contribution in [2.75, 3.05) is 47.8 Å². The highest BCUT2D eigenvalue weighted by Gasteiger charge is 2.10. The maximum Gasteiger partial charge on any atom is 0.0911 e. The lowest BCUT2D eigenvalue weighted by atomic mass is 10.4. The van der Waals surface area contributed by atoms with E-state index in [1.54, 1.807) is 0 Å². The summed E-state index contributed by atoms with van der Waals surface area (Å²) in [7, 11) is 8.78. The minimum Gasteiger partial charge on any atom is -0.750 e. The van der Waals surface area contributed by atoms with E-state index >= 15 is 0 Å². The standard InChI is InChI=1S/C8H21N2.CH4.H2O4S/c1-6-10(4,5)8-7-9(2)3;;1-4-5(2)3/h6-8H2,1-5H3;1H4;1H,(H,2,3)/q+1;;/p-2. The molecule has 0 saturated heterocycles. The molecule has 0 rings (SSSR count). The summed E-state index contributed by atoms with van der Waals surface area (Å²) < 4.78 is 21.2. The predicted octanol–water partition coefficient (Wildman–Crippen LogP) is -0.647. The fourth-order valence-corrected chi connectivity index (χ4v) is 0.629. The van der Waals surface area contributed by atoms with Gasteiger partial charge in [0.15, 0.2) is 0 Å². The molecule has 1 atom stereocenters. The molecule has 0 heterocycles. The van der Waals surface area contributed by atoms with Gasteiger partial charge in [-0.1, -0.05) is 7.43 Å². The van der Waals surface area contributed by atoms with Crippen LogP contribution in [-0.4, -0.2) is 66.0 Å². The molecule has 0 aliphatic heterocycles. The van der Waals surface area contributed by atoms with E-state index in [9.17, 15) is 0 Å². The zero-order valence-corrected chi connectivity index (χ0v) is 10.9. The quantitative estimate of drug-likeness (QED) is 0.283. The maximum atomic E-state index is 8.83. The van der Waals surface area contributed by atoms with Gasteiger partial charge in [-0.25, -0.2) is 4.21 Å². The molecule has 0 aliphatic carbocycles. The first-order valence-electron chi connectivity index (χ1n) is 4.61. The fourth-order valence-electron chi connectivity index (χ4n) is 0.629. The van der Waals surface area contributed by atoms with Crippen molar-refractivity contribution in [1.82, 2.24) is 4.90 Å². The first kappa shape index (κ1) is 21.3. The number of rotatable bonds is 5. The molecule has 1 unspecified atom stereocenters. The van der Waals surface area contributed by atoms with Gasteiger partial charge in [0, 0.05) is 6.54 Å². The van der Waals surface area contributed by atoms with E-state index in [-0.39, 0.29) is 7.43 Å². The highest BCUT2D eigenvalue weighted by Crippen LogP contribution is 1.94. The van der Waals surface area contributed by atoms with Crippen molar-refractivity contribution in [1.29, 1.82) is 0 Å². The van der Waals surface area contributed by atoms with E-state index in [1.165, 1.54) is 19.6 Å². The van der Waals surface area contributed by atoms with E-state index in [2.05, 4.69) is 44.3 Å². The lowest BCUT2D eigenvalue weighted by molar-refractivity contribution is -0.887. The minimum absolute atomic E-state index is 0. The maximum absolute atomic E-state index is 8.83.